The van der Waals surface area contributed by atoms with Crippen molar-refractivity contribution < 1.29 is 5.11 Å². The number of rotatable bonds is 5. The quantitative estimate of drug-likeness (QED) is 0.534. The second kappa shape index (κ2) is 13.2. The molecule has 0 aliphatic heterocycles. The first-order chi connectivity index (χ1) is 5.27. The lowest BCUT2D eigenvalue weighted by Gasteiger charge is -1.98. The number of aliphatic hydroxyl groups is 1. The summed E-state index contributed by atoms with van der Waals surface area (Å²) in [6, 6.07) is 0. The third-order valence-corrected chi connectivity index (χ3v) is 1.71. The van der Waals surface area contributed by atoms with E-state index in [9.17, 15) is 0 Å². The molecule has 0 spiro atoms. The van der Waals surface area contributed by atoms with Crippen LogP contribution in [0.25, 0.3) is 0 Å². The lowest BCUT2D eigenvalue weighted by molar-refractivity contribution is 0.399. The summed E-state index contributed by atoms with van der Waals surface area (Å²) in [5.41, 5.74) is 0. The number of alkyl halides is 2. The molecule has 0 rings (SSSR count). The first kappa shape index (κ1) is 14.1. The minimum absolute atomic E-state index is 0.151. The number of aliphatic hydroxyl groups excluding tert-OH is 1. The van der Waals surface area contributed by atoms with Crippen LogP contribution in [0.3, 0.4) is 0 Å². The summed E-state index contributed by atoms with van der Waals surface area (Å²) in [4.78, 5) is -0.151. The largest absolute Gasteiger partial charge is 0.400 e. The molecule has 0 aromatic heterocycles. The highest BCUT2D eigenvalue weighted by molar-refractivity contribution is 6.44. The van der Waals surface area contributed by atoms with E-state index in [-0.39, 0.29) is 4.84 Å². The Bertz CT molecular complexity index is 58.1. The van der Waals surface area contributed by atoms with Crippen molar-refractivity contribution in [1.29, 1.82) is 0 Å². The molecule has 0 unspecified atom stereocenters. The fourth-order valence-electron chi connectivity index (χ4n) is 0.725. The van der Waals surface area contributed by atoms with Crippen LogP contribution in [0, 0.1) is 0 Å². The minimum atomic E-state index is -0.151. The van der Waals surface area contributed by atoms with Crippen molar-refractivity contribution in [3.63, 3.8) is 0 Å². The molecule has 0 bridgehead atoms. The smallest absolute Gasteiger partial charge is 0.107 e. The average Bonchev–Trinajstić information content (AvgIpc) is 2.02. The van der Waals surface area contributed by atoms with Gasteiger partial charge in [0.25, 0.3) is 0 Å². The van der Waals surface area contributed by atoms with Crippen molar-refractivity contribution in [3.05, 3.63) is 0 Å². The Hall–Kier alpha value is 0.540. The van der Waals surface area contributed by atoms with Crippen molar-refractivity contribution in [1.82, 2.24) is 0 Å². The van der Waals surface area contributed by atoms with E-state index >= 15 is 0 Å². The maximum Gasteiger partial charge on any atom is 0.107 e. The minimum Gasteiger partial charge on any atom is -0.400 e. The SMILES string of the molecule is CCCCCCC(Cl)Cl.CO. The highest BCUT2D eigenvalue weighted by atomic mass is 35.5. The molecule has 1 nitrogen and oxygen atoms in total. The van der Waals surface area contributed by atoms with E-state index in [1.807, 2.05) is 0 Å². The first-order valence-electron chi connectivity index (χ1n) is 4.00. The molecule has 11 heavy (non-hydrogen) atoms. The Balaban J connectivity index is 0. The van der Waals surface area contributed by atoms with Gasteiger partial charge in [0.05, 0.1) is 0 Å². The summed E-state index contributed by atoms with van der Waals surface area (Å²) in [5.74, 6) is 0. The van der Waals surface area contributed by atoms with Gasteiger partial charge < -0.3 is 5.11 Å². The Labute approximate surface area is 79.7 Å². The summed E-state index contributed by atoms with van der Waals surface area (Å²) in [7, 11) is 1.00. The maximum absolute atomic E-state index is 7.00. The summed E-state index contributed by atoms with van der Waals surface area (Å²) in [5, 5.41) is 7.00. The van der Waals surface area contributed by atoms with Crippen molar-refractivity contribution in [2.24, 2.45) is 0 Å². The predicted molar refractivity (Wildman–Crippen MR) is 52.4 cm³/mol. The van der Waals surface area contributed by atoms with Crippen LogP contribution >= 0.6 is 23.2 Å². The standard InChI is InChI=1S/C7H14Cl2.CH4O/c1-2-3-4-5-6-7(8)9;1-2/h7H,2-6H2,1H3;2H,1H3. The van der Waals surface area contributed by atoms with Crippen molar-refractivity contribution in [2.45, 2.75) is 43.9 Å². The zero-order valence-corrected chi connectivity index (χ0v) is 8.83. The molecule has 0 amide bonds. The van der Waals surface area contributed by atoms with Gasteiger partial charge in [-0.3, -0.25) is 0 Å². The summed E-state index contributed by atoms with van der Waals surface area (Å²) in [6.45, 7) is 2.19. The summed E-state index contributed by atoms with van der Waals surface area (Å²) >= 11 is 11.0. The van der Waals surface area contributed by atoms with Crippen molar-refractivity contribution >= 4 is 23.2 Å². The van der Waals surface area contributed by atoms with E-state index in [0.29, 0.717) is 0 Å². The van der Waals surface area contributed by atoms with Gasteiger partial charge in [-0.2, -0.15) is 0 Å². The molecule has 1 N–H and O–H groups in total. The van der Waals surface area contributed by atoms with Crippen LogP contribution in [0.1, 0.15) is 39.0 Å². The normalized spacial score (nSPS) is 9.27. The lowest BCUT2D eigenvalue weighted by Crippen LogP contribution is -1.85. The molecule has 0 radical (unpaired) electrons. The van der Waals surface area contributed by atoms with E-state index in [1.165, 1.54) is 25.7 Å². The van der Waals surface area contributed by atoms with E-state index in [1.54, 1.807) is 0 Å². The van der Waals surface area contributed by atoms with Gasteiger partial charge in [-0.15, -0.1) is 23.2 Å². The number of hydrogen-bond donors (Lipinski definition) is 1. The fourth-order valence-corrected chi connectivity index (χ4v) is 1.03. The molecule has 70 valence electrons. The van der Waals surface area contributed by atoms with E-state index < -0.39 is 0 Å². The zero-order chi connectivity index (χ0) is 9.11. The predicted octanol–water partition coefficient (Wildman–Crippen LogP) is 3.37. The molecule has 0 atom stereocenters. The highest BCUT2D eigenvalue weighted by Gasteiger charge is 1.96. The Morgan fingerprint density at radius 2 is 1.64 bits per heavy atom. The Morgan fingerprint density at radius 3 is 2.00 bits per heavy atom. The monoisotopic (exact) mass is 200 g/mol. The van der Waals surface area contributed by atoms with Crippen LogP contribution in [-0.4, -0.2) is 17.1 Å². The molecular weight excluding hydrogens is 183 g/mol. The van der Waals surface area contributed by atoms with Gasteiger partial charge in [0.2, 0.25) is 0 Å². The van der Waals surface area contributed by atoms with E-state index in [2.05, 4.69) is 6.92 Å². The number of hydrogen-bond acceptors (Lipinski definition) is 1. The van der Waals surface area contributed by atoms with Crippen LogP contribution in [0.5, 0.6) is 0 Å². The van der Waals surface area contributed by atoms with Crippen LogP contribution in [0.4, 0.5) is 0 Å². The van der Waals surface area contributed by atoms with Crippen LogP contribution in [0.15, 0.2) is 0 Å². The number of halogens is 2. The van der Waals surface area contributed by atoms with Gasteiger partial charge in [-0.1, -0.05) is 32.6 Å². The molecule has 0 aliphatic rings. The van der Waals surface area contributed by atoms with E-state index in [0.717, 1.165) is 13.5 Å². The molecule has 0 aromatic carbocycles. The number of unbranched alkanes of at least 4 members (excludes halogenated alkanes) is 3. The molecule has 0 aliphatic carbocycles. The Kier molecular flexibility index (Phi) is 16.8. The fraction of sp³-hybridized carbons (Fsp3) is 1.00. The van der Waals surface area contributed by atoms with Crippen molar-refractivity contribution in [3.8, 4) is 0 Å². The van der Waals surface area contributed by atoms with Gasteiger partial charge in [-0.25, -0.2) is 0 Å². The molecule has 0 aromatic rings. The molecular formula is C8H18Cl2O. The first-order valence-corrected chi connectivity index (χ1v) is 4.87. The second-order valence-electron chi connectivity index (χ2n) is 2.24. The van der Waals surface area contributed by atoms with Gasteiger partial charge in [0, 0.05) is 7.11 Å². The summed E-state index contributed by atoms with van der Waals surface area (Å²) < 4.78 is 0. The van der Waals surface area contributed by atoms with Gasteiger partial charge in [0.15, 0.2) is 0 Å². The van der Waals surface area contributed by atoms with Crippen molar-refractivity contribution in [2.75, 3.05) is 7.11 Å². The van der Waals surface area contributed by atoms with Crippen LogP contribution < -0.4 is 0 Å². The third kappa shape index (κ3) is 18.0. The zero-order valence-electron chi connectivity index (χ0n) is 7.32. The Morgan fingerprint density at radius 1 is 1.09 bits per heavy atom. The molecule has 0 fully saturated rings. The second-order valence-corrected chi connectivity index (χ2v) is 3.52. The highest BCUT2D eigenvalue weighted by Crippen LogP contribution is 2.12. The van der Waals surface area contributed by atoms with Gasteiger partial charge in [-0.05, 0) is 6.42 Å². The average molecular weight is 201 g/mol. The third-order valence-electron chi connectivity index (χ3n) is 1.28. The molecule has 3 heteroatoms. The maximum atomic E-state index is 7.00. The van der Waals surface area contributed by atoms with Gasteiger partial charge >= 0.3 is 0 Å². The van der Waals surface area contributed by atoms with Crippen LogP contribution in [-0.2, 0) is 0 Å². The van der Waals surface area contributed by atoms with E-state index in [4.69, 9.17) is 28.3 Å². The van der Waals surface area contributed by atoms with Gasteiger partial charge in [0.1, 0.15) is 4.84 Å². The lowest BCUT2D eigenvalue weighted by atomic mass is 10.2. The summed E-state index contributed by atoms with van der Waals surface area (Å²) in [6.07, 6.45) is 5.97. The van der Waals surface area contributed by atoms with Crippen LogP contribution in [0.2, 0.25) is 0 Å². The molecule has 0 saturated carbocycles. The molecule has 0 heterocycles. The topological polar surface area (TPSA) is 20.2 Å². The molecule has 0 saturated heterocycles.